The SMILES string of the molecule is O=C(c1ccn2ncnc2c1)N1C[C@@H]2C[C@H](C1)[C@@H]1CCC[C@H](c3ccccc3)N1C2. The van der Waals surface area contributed by atoms with Gasteiger partial charge in [-0.25, -0.2) is 9.50 Å². The highest BCUT2D eigenvalue weighted by Gasteiger charge is 2.45. The van der Waals surface area contributed by atoms with Crippen LogP contribution in [0.2, 0.25) is 0 Å². The molecule has 3 fully saturated rings. The minimum atomic E-state index is 0.138. The predicted molar refractivity (Wildman–Crippen MR) is 114 cm³/mol. The van der Waals surface area contributed by atoms with Gasteiger partial charge in [0.05, 0.1) is 0 Å². The Morgan fingerprint density at radius 3 is 2.83 bits per heavy atom. The van der Waals surface area contributed by atoms with Crippen molar-refractivity contribution in [1.29, 1.82) is 0 Å². The summed E-state index contributed by atoms with van der Waals surface area (Å²) in [6, 6.07) is 15.9. The molecule has 6 heteroatoms. The van der Waals surface area contributed by atoms with Gasteiger partial charge in [0.15, 0.2) is 5.65 Å². The fourth-order valence-electron chi connectivity index (χ4n) is 6.14. The lowest BCUT2D eigenvalue weighted by Gasteiger charge is -2.55. The smallest absolute Gasteiger partial charge is 0.254 e. The number of hydrogen-bond donors (Lipinski definition) is 0. The third-order valence-corrected chi connectivity index (χ3v) is 7.39. The van der Waals surface area contributed by atoms with E-state index in [1.165, 1.54) is 37.6 Å². The Hall–Kier alpha value is -2.73. The first kappa shape index (κ1) is 18.1. The number of pyridine rings is 1. The summed E-state index contributed by atoms with van der Waals surface area (Å²) in [5.41, 5.74) is 2.90. The summed E-state index contributed by atoms with van der Waals surface area (Å²) in [6.45, 7) is 2.83. The fraction of sp³-hybridized carbons (Fsp3) is 0.458. The van der Waals surface area contributed by atoms with Crippen molar-refractivity contribution >= 4 is 11.6 Å². The normalized spacial score (nSPS) is 29.0. The highest BCUT2D eigenvalue weighted by molar-refractivity contribution is 5.95. The third kappa shape index (κ3) is 3.01. The zero-order valence-electron chi connectivity index (χ0n) is 17.1. The lowest BCUT2D eigenvalue weighted by atomic mass is 9.74. The van der Waals surface area contributed by atoms with Crippen molar-refractivity contribution in [3.8, 4) is 0 Å². The zero-order chi connectivity index (χ0) is 20.1. The van der Waals surface area contributed by atoms with Crippen LogP contribution >= 0.6 is 0 Å². The first-order valence-corrected chi connectivity index (χ1v) is 11.2. The molecule has 5 heterocycles. The molecule has 0 radical (unpaired) electrons. The van der Waals surface area contributed by atoms with Crippen molar-refractivity contribution in [2.24, 2.45) is 11.8 Å². The minimum Gasteiger partial charge on any atom is -0.338 e. The maximum atomic E-state index is 13.3. The Labute approximate surface area is 176 Å². The van der Waals surface area contributed by atoms with E-state index in [1.54, 1.807) is 4.52 Å². The van der Waals surface area contributed by atoms with Gasteiger partial charge in [0.1, 0.15) is 6.33 Å². The minimum absolute atomic E-state index is 0.138. The molecule has 3 aromatic rings. The summed E-state index contributed by atoms with van der Waals surface area (Å²) in [5.74, 6) is 1.27. The number of benzene rings is 1. The van der Waals surface area contributed by atoms with Crippen LogP contribution in [0.25, 0.3) is 5.65 Å². The molecule has 2 aromatic heterocycles. The van der Waals surface area contributed by atoms with Gasteiger partial charge >= 0.3 is 0 Å². The van der Waals surface area contributed by atoms with Crippen LogP contribution in [-0.2, 0) is 0 Å². The van der Waals surface area contributed by atoms with Gasteiger partial charge in [-0.15, -0.1) is 0 Å². The predicted octanol–water partition coefficient (Wildman–Crippen LogP) is 3.42. The van der Waals surface area contributed by atoms with E-state index < -0.39 is 0 Å². The molecule has 30 heavy (non-hydrogen) atoms. The molecule has 3 saturated heterocycles. The number of aromatic nitrogens is 3. The first-order valence-electron chi connectivity index (χ1n) is 11.2. The van der Waals surface area contributed by atoms with Crippen molar-refractivity contribution in [2.45, 2.75) is 37.8 Å². The van der Waals surface area contributed by atoms with E-state index in [-0.39, 0.29) is 5.91 Å². The molecule has 3 aliphatic rings. The molecule has 6 rings (SSSR count). The second kappa shape index (κ2) is 7.20. The maximum Gasteiger partial charge on any atom is 0.254 e. The molecule has 4 atom stereocenters. The fourth-order valence-corrected chi connectivity index (χ4v) is 6.14. The number of hydrogen-bond acceptors (Lipinski definition) is 4. The molecule has 0 N–H and O–H groups in total. The Balaban J connectivity index is 1.23. The highest BCUT2D eigenvalue weighted by Crippen LogP contribution is 2.44. The number of amides is 1. The lowest BCUT2D eigenvalue weighted by molar-refractivity contribution is -0.0511. The lowest BCUT2D eigenvalue weighted by Crippen LogP contribution is -2.60. The molecule has 0 unspecified atom stereocenters. The third-order valence-electron chi connectivity index (χ3n) is 7.39. The number of nitrogens with zero attached hydrogens (tertiary/aromatic N) is 5. The molecule has 0 spiro atoms. The second-order valence-electron chi connectivity index (χ2n) is 9.17. The van der Waals surface area contributed by atoms with Crippen LogP contribution in [0.3, 0.4) is 0 Å². The van der Waals surface area contributed by atoms with Crippen LogP contribution in [0.5, 0.6) is 0 Å². The van der Waals surface area contributed by atoms with Gasteiger partial charge in [-0.1, -0.05) is 30.3 Å². The van der Waals surface area contributed by atoms with E-state index in [0.29, 0.717) is 23.9 Å². The molecule has 1 amide bonds. The average Bonchev–Trinajstić information content (AvgIpc) is 3.26. The van der Waals surface area contributed by atoms with Gasteiger partial charge in [-0.2, -0.15) is 5.10 Å². The van der Waals surface area contributed by atoms with E-state index >= 15 is 0 Å². The van der Waals surface area contributed by atoms with Crippen molar-refractivity contribution < 1.29 is 4.79 Å². The van der Waals surface area contributed by atoms with Gasteiger partial charge in [-0.05, 0) is 55.2 Å². The van der Waals surface area contributed by atoms with Crippen LogP contribution in [0, 0.1) is 11.8 Å². The number of carbonyl (C=O) groups is 1. The summed E-state index contributed by atoms with van der Waals surface area (Å²) in [7, 11) is 0. The standard InChI is InChI=1S/C24H27N5O/c30-24(19-9-10-29-23(12-19)25-16-26-29)27-13-17-11-20(15-27)22-8-4-7-21(28(22)14-17)18-5-2-1-3-6-18/h1-3,5-6,9-10,12,16-17,20-22H,4,7-8,11,13-15H2/t17-,20+,21+,22-/m0/s1. The monoisotopic (exact) mass is 401 g/mol. The van der Waals surface area contributed by atoms with Crippen molar-refractivity contribution in [3.05, 3.63) is 66.1 Å². The second-order valence-corrected chi connectivity index (χ2v) is 9.17. The van der Waals surface area contributed by atoms with Crippen molar-refractivity contribution in [1.82, 2.24) is 24.4 Å². The molecule has 2 bridgehead atoms. The molecule has 6 nitrogen and oxygen atoms in total. The van der Waals surface area contributed by atoms with E-state index in [2.05, 4.69) is 50.2 Å². The highest BCUT2D eigenvalue weighted by atomic mass is 16.2. The largest absolute Gasteiger partial charge is 0.338 e. The summed E-state index contributed by atoms with van der Waals surface area (Å²) in [6.07, 6.45) is 8.40. The van der Waals surface area contributed by atoms with E-state index in [9.17, 15) is 4.79 Å². The molecule has 1 aromatic carbocycles. The number of carbonyl (C=O) groups excluding carboxylic acids is 1. The first-order chi connectivity index (χ1) is 14.8. The van der Waals surface area contributed by atoms with Crippen molar-refractivity contribution in [3.63, 3.8) is 0 Å². The Morgan fingerprint density at radius 2 is 1.93 bits per heavy atom. The number of fused-ring (bicyclic) bond motifs is 5. The van der Waals surface area contributed by atoms with Crippen LogP contribution in [0.4, 0.5) is 0 Å². The molecular weight excluding hydrogens is 374 g/mol. The van der Waals surface area contributed by atoms with Gasteiger partial charge in [0, 0.05) is 43.5 Å². The van der Waals surface area contributed by atoms with E-state index in [0.717, 1.165) is 30.8 Å². The molecule has 0 aliphatic carbocycles. The topological polar surface area (TPSA) is 53.7 Å². The van der Waals surface area contributed by atoms with Crippen LogP contribution in [0.1, 0.15) is 47.6 Å². The molecule has 3 aliphatic heterocycles. The molecule has 0 saturated carbocycles. The van der Waals surface area contributed by atoms with E-state index in [4.69, 9.17) is 0 Å². The number of piperidine rings is 3. The average molecular weight is 402 g/mol. The van der Waals surface area contributed by atoms with Gasteiger partial charge in [0.2, 0.25) is 0 Å². The zero-order valence-corrected chi connectivity index (χ0v) is 17.1. The summed E-state index contributed by atoms with van der Waals surface area (Å²) < 4.78 is 1.70. The summed E-state index contributed by atoms with van der Waals surface area (Å²) in [4.78, 5) is 22.4. The number of likely N-dealkylation sites (tertiary alicyclic amines) is 1. The maximum absolute atomic E-state index is 13.3. The van der Waals surface area contributed by atoms with Gasteiger partial charge < -0.3 is 4.90 Å². The van der Waals surface area contributed by atoms with Gasteiger partial charge in [0.25, 0.3) is 5.91 Å². The van der Waals surface area contributed by atoms with Crippen LogP contribution in [-0.4, -0.2) is 56.0 Å². The summed E-state index contributed by atoms with van der Waals surface area (Å²) in [5, 5.41) is 4.13. The van der Waals surface area contributed by atoms with Crippen LogP contribution in [0.15, 0.2) is 55.0 Å². The molecular formula is C24H27N5O. The van der Waals surface area contributed by atoms with Crippen LogP contribution < -0.4 is 0 Å². The van der Waals surface area contributed by atoms with E-state index in [1.807, 2.05) is 18.3 Å². The van der Waals surface area contributed by atoms with Gasteiger partial charge in [-0.3, -0.25) is 9.69 Å². The van der Waals surface area contributed by atoms with Crippen molar-refractivity contribution in [2.75, 3.05) is 19.6 Å². The quantitative estimate of drug-likeness (QED) is 0.660. The Bertz CT molecular complexity index is 1060. The number of rotatable bonds is 2. The summed E-state index contributed by atoms with van der Waals surface area (Å²) >= 11 is 0. The molecule has 154 valence electrons. The Morgan fingerprint density at radius 1 is 1.03 bits per heavy atom. The Kier molecular flexibility index (Phi) is 4.34.